The summed E-state index contributed by atoms with van der Waals surface area (Å²) in [4.78, 5) is 14.5. The number of nitrogens with zero attached hydrogens (tertiary/aromatic N) is 1. The number of amides is 1. The summed E-state index contributed by atoms with van der Waals surface area (Å²) in [6.45, 7) is 7.78. The molecule has 0 spiro atoms. The highest BCUT2D eigenvalue weighted by Crippen LogP contribution is 2.38. The predicted octanol–water partition coefficient (Wildman–Crippen LogP) is 4.99. The molecule has 24 heavy (non-hydrogen) atoms. The van der Waals surface area contributed by atoms with Crippen molar-refractivity contribution in [2.45, 2.75) is 77.1 Å². The first-order valence-corrected chi connectivity index (χ1v) is 9.15. The van der Waals surface area contributed by atoms with E-state index in [4.69, 9.17) is 16.3 Å². The van der Waals surface area contributed by atoms with E-state index in [1.165, 1.54) is 0 Å². The predicted molar refractivity (Wildman–Crippen MR) is 97.7 cm³/mol. The van der Waals surface area contributed by atoms with Crippen LogP contribution in [0.4, 0.5) is 10.5 Å². The van der Waals surface area contributed by atoms with Gasteiger partial charge in [0, 0.05) is 28.8 Å². The molecule has 0 saturated carbocycles. The molecule has 5 heteroatoms. The lowest BCUT2D eigenvalue weighted by atomic mass is 9.97. The largest absolute Gasteiger partial charge is 0.444 e. The van der Waals surface area contributed by atoms with Gasteiger partial charge in [-0.3, -0.25) is 0 Å². The van der Waals surface area contributed by atoms with Gasteiger partial charge < -0.3 is 15.0 Å². The van der Waals surface area contributed by atoms with Gasteiger partial charge in [-0.25, -0.2) is 4.79 Å². The molecule has 1 aromatic rings. The first kappa shape index (κ1) is 17.4. The Morgan fingerprint density at radius 3 is 2.42 bits per heavy atom. The van der Waals surface area contributed by atoms with Gasteiger partial charge in [-0.2, -0.15) is 0 Å². The average molecular weight is 351 g/mol. The molecule has 2 aliphatic rings. The van der Waals surface area contributed by atoms with Gasteiger partial charge in [0.15, 0.2) is 0 Å². The normalized spacial score (nSPS) is 26.4. The first-order valence-electron chi connectivity index (χ1n) is 8.77. The SMILES string of the molecule is Cc1cc(NC2CC3CCC(C2)N3C(=O)OC(C)(C)C)ccc1Cl. The number of hydrogen-bond donors (Lipinski definition) is 1. The van der Waals surface area contributed by atoms with Gasteiger partial charge >= 0.3 is 6.09 Å². The molecule has 0 aromatic heterocycles. The van der Waals surface area contributed by atoms with Gasteiger partial charge in [-0.05, 0) is 77.1 Å². The van der Waals surface area contributed by atoms with Gasteiger partial charge in [-0.15, -0.1) is 0 Å². The molecule has 132 valence electrons. The highest BCUT2D eigenvalue weighted by atomic mass is 35.5. The van der Waals surface area contributed by atoms with Crippen molar-refractivity contribution in [3.05, 3.63) is 28.8 Å². The van der Waals surface area contributed by atoms with Crippen LogP contribution in [0.3, 0.4) is 0 Å². The Labute approximate surface area is 149 Å². The Kier molecular flexibility index (Phi) is 4.69. The van der Waals surface area contributed by atoms with Gasteiger partial charge in [0.05, 0.1) is 0 Å². The number of halogens is 1. The molecular weight excluding hydrogens is 324 g/mol. The zero-order valence-corrected chi connectivity index (χ0v) is 15.7. The zero-order valence-electron chi connectivity index (χ0n) is 14.9. The number of aryl methyl sites for hydroxylation is 1. The van der Waals surface area contributed by atoms with E-state index in [2.05, 4.69) is 11.4 Å². The van der Waals surface area contributed by atoms with Crippen LogP contribution in [0, 0.1) is 6.92 Å². The third-order valence-electron chi connectivity index (χ3n) is 4.87. The molecule has 1 aromatic carbocycles. The quantitative estimate of drug-likeness (QED) is 0.816. The summed E-state index contributed by atoms with van der Waals surface area (Å²) in [5.74, 6) is 0. The summed E-state index contributed by atoms with van der Waals surface area (Å²) in [6.07, 6.45) is 3.92. The number of rotatable bonds is 2. The first-order chi connectivity index (χ1) is 11.2. The van der Waals surface area contributed by atoms with E-state index >= 15 is 0 Å². The van der Waals surface area contributed by atoms with Gasteiger partial charge in [0.25, 0.3) is 0 Å². The second-order valence-electron chi connectivity index (χ2n) is 8.05. The van der Waals surface area contributed by atoms with Crippen LogP contribution in [0.25, 0.3) is 0 Å². The van der Waals surface area contributed by atoms with Crippen LogP contribution >= 0.6 is 11.6 Å². The number of piperidine rings is 1. The Hall–Kier alpha value is -1.42. The summed E-state index contributed by atoms with van der Waals surface area (Å²) in [7, 11) is 0. The maximum Gasteiger partial charge on any atom is 0.410 e. The van der Waals surface area contributed by atoms with Crippen molar-refractivity contribution in [1.29, 1.82) is 0 Å². The van der Waals surface area contributed by atoms with Crippen LogP contribution < -0.4 is 5.32 Å². The fourth-order valence-electron chi connectivity index (χ4n) is 3.88. The standard InChI is InChI=1S/C19H27ClN2O2/c1-12-9-13(5-8-17(12)20)21-14-10-15-6-7-16(11-14)22(15)18(23)24-19(2,3)4/h5,8-9,14-16,21H,6-7,10-11H2,1-4H3. The molecule has 2 saturated heterocycles. The summed E-state index contributed by atoms with van der Waals surface area (Å²) >= 11 is 6.10. The maximum absolute atomic E-state index is 12.5. The summed E-state index contributed by atoms with van der Waals surface area (Å²) in [5, 5.41) is 4.41. The molecule has 1 N–H and O–H groups in total. The van der Waals surface area contributed by atoms with Crippen LogP contribution in [0.2, 0.25) is 5.02 Å². The van der Waals surface area contributed by atoms with Crippen LogP contribution in [0.1, 0.15) is 52.0 Å². The lowest BCUT2D eigenvalue weighted by Crippen LogP contribution is -2.51. The molecule has 2 bridgehead atoms. The van der Waals surface area contributed by atoms with Gasteiger partial charge in [0.2, 0.25) is 0 Å². The van der Waals surface area contributed by atoms with E-state index in [1.807, 2.05) is 44.7 Å². The summed E-state index contributed by atoms with van der Waals surface area (Å²) in [5.41, 5.74) is 1.75. The van der Waals surface area contributed by atoms with Crippen molar-refractivity contribution in [3.8, 4) is 0 Å². The van der Waals surface area contributed by atoms with Crippen LogP contribution in [-0.2, 0) is 4.74 Å². The van der Waals surface area contributed by atoms with Crippen molar-refractivity contribution in [1.82, 2.24) is 4.90 Å². The minimum Gasteiger partial charge on any atom is -0.444 e. The van der Waals surface area contributed by atoms with Crippen LogP contribution in [0.15, 0.2) is 18.2 Å². The number of carbonyl (C=O) groups excluding carboxylic acids is 1. The number of benzene rings is 1. The molecular formula is C19H27ClN2O2. The lowest BCUT2D eigenvalue weighted by Gasteiger charge is -2.40. The van der Waals surface area contributed by atoms with E-state index < -0.39 is 5.60 Å². The molecule has 2 unspecified atom stereocenters. The average Bonchev–Trinajstić information content (AvgIpc) is 2.73. The molecule has 2 aliphatic heterocycles. The minimum atomic E-state index is -0.438. The van der Waals surface area contributed by atoms with Crippen molar-refractivity contribution >= 4 is 23.4 Å². The van der Waals surface area contributed by atoms with E-state index in [1.54, 1.807) is 0 Å². The molecule has 0 aliphatic carbocycles. The minimum absolute atomic E-state index is 0.157. The van der Waals surface area contributed by atoms with Crippen molar-refractivity contribution < 1.29 is 9.53 Å². The smallest absolute Gasteiger partial charge is 0.410 e. The van der Waals surface area contributed by atoms with Crippen LogP contribution in [-0.4, -0.2) is 34.7 Å². The highest BCUT2D eigenvalue weighted by Gasteiger charge is 2.44. The Balaban J connectivity index is 1.64. The van der Waals surface area contributed by atoms with Gasteiger partial charge in [-0.1, -0.05) is 11.6 Å². The van der Waals surface area contributed by atoms with E-state index in [9.17, 15) is 4.79 Å². The molecule has 4 nitrogen and oxygen atoms in total. The number of ether oxygens (including phenoxy) is 1. The van der Waals surface area contributed by atoms with E-state index in [-0.39, 0.29) is 18.2 Å². The van der Waals surface area contributed by atoms with Crippen LogP contribution in [0.5, 0.6) is 0 Å². The number of hydrogen-bond acceptors (Lipinski definition) is 3. The summed E-state index contributed by atoms with van der Waals surface area (Å²) < 4.78 is 5.59. The monoisotopic (exact) mass is 350 g/mol. The molecule has 3 rings (SSSR count). The third kappa shape index (κ3) is 3.80. The highest BCUT2D eigenvalue weighted by molar-refractivity contribution is 6.31. The molecule has 2 fully saturated rings. The van der Waals surface area contributed by atoms with Crippen molar-refractivity contribution in [3.63, 3.8) is 0 Å². The Bertz CT molecular complexity index is 612. The molecule has 2 heterocycles. The fraction of sp³-hybridized carbons (Fsp3) is 0.632. The number of anilines is 1. The van der Waals surface area contributed by atoms with Crippen molar-refractivity contribution in [2.75, 3.05) is 5.32 Å². The van der Waals surface area contributed by atoms with E-state index in [0.29, 0.717) is 6.04 Å². The molecule has 2 atom stereocenters. The molecule has 1 amide bonds. The second-order valence-corrected chi connectivity index (χ2v) is 8.46. The fourth-order valence-corrected chi connectivity index (χ4v) is 4.00. The number of fused-ring (bicyclic) bond motifs is 2. The molecule has 0 radical (unpaired) electrons. The lowest BCUT2D eigenvalue weighted by molar-refractivity contribution is 0.00684. The third-order valence-corrected chi connectivity index (χ3v) is 5.29. The topological polar surface area (TPSA) is 41.6 Å². The van der Waals surface area contributed by atoms with Gasteiger partial charge in [0.1, 0.15) is 5.60 Å². The Morgan fingerprint density at radius 2 is 1.88 bits per heavy atom. The zero-order chi connectivity index (χ0) is 17.5. The van der Waals surface area contributed by atoms with Crippen molar-refractivity contribution in [2.24, 2.45) is 0 Å². The second kappa shape index (κ2) is 6.47. The Morgan fingerprint density at radius 1 is 1.25 bits per heavy atom. The van der Waals surface area contributed by atoms with E-state index in [0.717, 1.165) is 42.0 Å². The number of nitrogens with one attached hydrogen (secondary N) is 1. The number of carbonyl (C=O) groups is 1. The maximum atomic E-state index is 12.5. The summed E-state index contributed by atoms with van der Waals surface area (Å²) in [6, 6.07) is 7.00.